The highest BCUT2D eigenvalue weighted by molar-refractivity contribution is 5.98. The fourth-order valence-electron chi connectivity index (χ4n) is 1.66. The molecule has 0 aliphatic carbocycles. The molecule has 4 nitrogen and oxygen atoms in total. The molecule has 92 valence electrons. The summed E-state index contributed by atoms with van der Waals surface area (Å²) in [6.45, 7) is 0. The van der Waals surface area contributed by atoms with E-state index < -0.39 is 0 Å². The molecule has 0 spiro atoms. The molecule has 4 heteroatoms. The zero-order chi connectivity index (χ0) is 13.1. The lowest BCUT2D eigenvalue weighted by molar-refractivity contribution is 0.0992. The Kier molecular flexibility index (Phi) is 3.19. The van der Waals surface area contributed by atoms with Crippen LogP contribution in [0, 0.1) is 0 Å². The van der Waals surface area contributed by atoms with Crippen LogP contribution in [0.25, 0.3) is 0 Å². The van der Waals surface area contributed by atoms with E-state index in [9.17, 15) is 15.0 Å². The van der Waals surface area contributed by atoms with Crippen LogP contribution in [0.5, 0.6) is 17.2 Å². The Balaban J connectivity index is 2.19. The molecule has 0 heterocycles. The van der Waals surface area contributed by atoms with Crippen LogP contribution in [0.1, 0.15) is 15.9 Å². The van der Waals surface area contributed by atoms with Crippen LogP contribution in [0.4, 0.5) is 0 Å². The highest BCUT2D eigenvalue weighted by Crippen LogP contribution is 2.21. The summed E-state index contributed by atoms with van der Waals surface area (Å²) in [7, 11) is 0. The molecule has 0 amide bonds. The second kappa shape index (κ2) is 4.79. The van der Waals surface area contributed by atoms with Gasteiger partial charge >= 0.3 is 0 Å². The largest absolute Gasteiger partial charge is 0.508 e. The van der Waals surface area contributed by atoms with Crippen molar-refractivity contribution < 1.29 is 20.1 Å². The van der Waals surface area contributed by atoms with E-state index in [2.05, 4.69) is 0 Å². The van der Waals surface area contributed by atoms with Gasteiger partial charge in [-0.1, -0.05) is 12.1 Å². The molecule has 2 aromatic rings. The first-order valence-corrected chi connectivity index (χ1v) is 5.39. The van der Waals surface area contributed by atoms with Crippen molar-refractivity contribution in [3.8, 4) is 17.2 Å². The summed E-state index contributed by atoms with van der Waals surface area (Å²) >= 11 is 0. The second-order valence-corrected chi connectivity index (χ2v) is 4.00. The number of phenolic OH excluding ortho intramolecular Hbond substituents is 3. The molecule has 0 radical (unpaired) electrons. The third kappa shape index (κ3) is 2.79. The highest BCUT2D eigenvalue weighted by Gasteiger charge is 2.09. The zero-order valence-corrected chi connectivity index (χ0v) is 9.50. The van der Waals surface area contributed by atoms with E-state index in [1.807, 2.05) is 0 Å². The third-order valence-corrected chi connectivity index (χ3v) is 2.53. The van der Waals surface area contributed by atoms with Crippen LogP contribution in [0.15, 0.2) is 42.5 Å². The van der Waals surface area contributed by atoms with Crippen molar-refractivity contribution in [2.75, 3.05) is 0 Å². The number of carbonyl (C=O) groups is 1. The van der Waals surface area contributed by atoms with Crippen molar-refractivity contribution in [3.63, 3.8) is 0 Å². The fraction of sp³-hybridized carbons (Fsp3) is 0.0714. The van der Waals surface area contributed by atoms with Crippen LogP contribution in [-0.4, -0.2) is 21.1 Å². The summed E-state index contributed by atoms with van der Waals surface area (Å²) in [6, 6.07) is 10.1. The molecule has 0 fully saturated rings. The van der Waals surface area contributed by atoms with Gasteiger partial charge in [0.2, 0.25) is 0 Å². The van der Waals surface area contributed by atoms with Crippen LogP contribution < -0.4 is 0 Å². The number of Topliss-reactive ketones (excluding diaryl/α,β-unsaturated/α-hetero) is 1. The van der Waals surface area contributed by atoms with E-state index in [1.54, 1.807) is 12.1 Å². The predicted octanol–water partition coefficient (Wildman–Crippen LogP) is 2.23. The van der Waals surface area contributed by atoms with Gasteiger partial charge in [0.05, 0.1) is 0 Å². The first-order valence-electron chi connectivity index (χ1n) is 5.39. The van der Waals surface area contributed by atoms with Crippen LogP contribution >= 0.6 is 0 Å². The summed E-state index contributed by atoms with van der Waals surface area (Å²) in [5, 5.41) is 27.7. The SMILES string of the molecule is O=C(Cc1ccc(O)cc1)c1cc(O)cc(O)c1. The number of phenols is 3. The van der Waals surface area contributed by atoms with Gasteiger partial charge in [0, 0.05) is 18.1 Å². The Morgan fingerprint density at radius 1 is 0.833 bits per heavy atom. The summed E-state index contributed by atoms with van der Waals surface area (Å²) in [5.74, 6) is -0.374. The van der Waals surface area contributed by atoms with Crippen molar-refractivity contribution in [3.05, 3.63) is 53.6 Å². The lowest BCUT2D eigenvalue weighted by Crippen LogP contribution is -2.03. The van der Waals surface area contributed by atoms with E-state index in [4.69, 9.17) is 5.11 Å². The molecule has 2 rings (SSSR count). The third-order valence-electron chi connectivity index (χ3n) is 2.53. The molecule has 3 N–H and O–H groups in total. The summed E-state index contributed by atoms with van der Waals surface area (Å²) in [5.41, 5.74) is 1.00. The van der Waals surface area contributed by atoms with Gasteiger partial charge in [-0.15, -0.1) is 0 Å². The molecule has 0 saturated heterocycles. The predicted molar refractivity (Wildman–Crippen MR) is 65.9 cm³/mol. The molecule has 0 saturated carbocycles. The maximum absolute atomic E-state index is 11.9. The van der Waals surface area contributed by atoms with Gasteiger partial charge in [-0.25, -0.2) is 0 Å². The monoisotopic (exact) mass is 244 g/mol. The molecule has 0 atom stereocenters. The van der Waals surface area contributed by atoms with Gasteiger partial charge in [0.15, 0.2) is 5.78 Å². The molecular formula is C14H12O4. The molecule has 0 aliphatic heterocycles. The number of benzene rings is 2. The molecule has 0 unspecified atom stereocenters. The maximum Gasteiger partial charge on any atom is 0.167 e. The standard InChI is InChI=1S/C14H12O4/c15-11-3-1-9(2-4-11)5-14(18)10-6-12(16)8-13(17)7-10/h1-4,6-8,15-17H,5H2. The minimum absolute atomic E-state index is 0.140. The first kappa shape index (κ1) is 12.0. The smallest absolute Gasteiger partial charge is 0.167 e. The van der Waals surface area contributed by atoms with Gasteiger partial charge in [-0.05, 0) is 29.8 Å². The summed E-state index contributed by atoms with van der Waals surface area (Å²) < 4.78 is 0. The van der Waals surface area contributed by atoms with Crippen molar-refractivity contribution in [1.82, 2.24) is 0 Å². The Morgan fingerprint density at radius 2 is 1.39 bits per heavy atom. The van der Waals surface area contributed by atoms with Crippen LogP contribution in [-0.2, 0) is 6.42 Å². The molecule has 0 aromatic heterocycles. The van der Waals surface area contributed by atoms with Gasteiger partial charge < -0.3 is 15.3 Å². The number of rotatable bonds is 3. The number of carbonyl (C=O) groups excluding carboxylic acids is 1. The number of hydrogen-bond donors (Lipinski definition) is 3. The summed E-state index contributed by atoms with van der Waals surface area (Å²) in [6.07, 6.45) is 0.142. The maximum atomic E-state index is 11.9. The number of hydrogen-bond acceptors (Lipinski definition) is 4. The quantitative estimate of drug-likeness (QED) is 0.723. The van der Waals surface area contributed by atoms with Crippen LogP contribution in [0.3, 0.4) is 0 Å². The van der Waals surface area contributed by atoms with E-state index in [0.29, 0.717) is 0 Å². The van der Waals surface area contributed by atoms with Gasteiger partial charge in [0.25, 0.3) is 0 Å². The van der Waals surface area contributed by atoms with E-state index in [0.717, 1.165) is 11.6 Å². The van der Waals surface area contributed by atoms with E-state index >= 15 is 0 Å². The van der Waals surface area contributed by atoms with Gasteiger partial charge in [-0.3, -0.25) is 4.79 Å². The Labute approximate surface area is 104 Å². The lowest BCUT2D eigenvalue weighted by atomic mass is 10.0. The van der Waals surface area contributed by atoms with Crippen molar-refractivity contribution in [2.45, 2.75) is 6.42 Å². The number of ketones is 1. The topological polar surface area (TPSA) is 77.8 Å². The van der Waals surface area contributed by atoms with E-state index in [-0.39, 0.29) is 35.0 Å². The van der Waals surface area contributed by atoms with Gasteiger partial charge in [-0.2, -0.15) is 0 Å². The Hall–Kier alpha value is -2.49. The first-order chi connectivity index (χ1) is 8.54. The van der Waals surface area contributed by atoms with Crippen molar-refractivity contribution >= 4 is 5.78 Å². The van der Waals surface area contributed by atoms with Crippen LogP contribution in [0.2, 0.25) is 0 Å². The molecule has 0 aliphatic rings. The fourth-order valence-corrected chi connectivity index (χ4v) is 1.66. The minimum Gasteiger partial charge on any atom is -0.508 e. The lowest BCUT2D eigenvalue weighted by Gasteiger charge is -2.03. The Bertz CT molecular complexity index is 553. The normalized spacial score (nSPS) is 10.2. The average molecular weight is 244 g/mol. The van der Waals surface area contributed by atoms with Gasteiger partial charge in [0.1, 0.15) is 17.2 Å². The molecular weight excluding hydrogens is 232 g/mol. The number of aromatic hydroxyl groups is 3. The van der Waals surface area contributed by atoms with E-state index in [1.165, 1.54) is 24.3 Å². The minimum atomic E-state index is -0.216. The average Bonchev–Trinajstić information content (AvgIpc) is 2.31. The molecule has 2 aromatic carbocycles. The van der Waals surface area contributed by atoms with Crippen molar-refractivity contribution in [2.24, 2.45) is 0 Å². The highest BCUT2D eigenvalue weighted by atomic mass is 16.3. The van der Waals surface area contributed by atoms with Crippen molar-refractivity contribution in [1.29, 1.82) is 0 Å². The summed E-state index contributed by atoms with van der Waals surface area (Å²) in [4.78, 5) is 11.9. The zero-order valence-electron chi connectivity index (χ0n) is 9.50. The Morgan fingerprint density at radius 3 is 1.94 bits per heavy atom. The molecule has 0 bridgehead atoms. The second-order valence-electron chi connectivity index (χ2n) is 4.00. The molecule has 18 heavy (non-hydrogen) atoms.